The Hall–Kier alpha value is -0.410. The maximum absolute atomic E-state index is 5.03. The topological polar surface area (TPSA) is 24.9 Å². The molecule has 19 heavy (non-hydrogen) atoms. The van der Waals surface area contributed by atoms with Gasteiger partial charge in [0.05, 0.1) is 10.7 Å². The predicted molar refractivity (Wildman–Crippen MR) is 81.7 cm³/mol. The number of thiazole rings is 1. The van der Waals surface area contributed by atoms with E-state index in [1.807, 2.05) is 11.3 Å². The van der Waals surface area contributed by atoms with Crippen LogP contribution in [0.1, 0.15) is 67.4 Å². The number of nitrogens with one attached hydrogen (secondary N) is 1. The highest BCUT2D eigenvalue weighted by atomic mass is 32.1. The zero-order valence-corrected chi connectivity index (χ0v) is 13.1. The third-order valence-electron chi connectivity index (χ3n) is 4.87. The van der Waals surface area contributed by atoms with Crippen LogP contribution in [0.15, 0.2) is 0 Å². The summed E-state index contributed by atoms with van der Waals surface area (Å²) in [4.78, 5) is 6.53. The van der Waals surface area contributed by atoms with Crippen LogP contribution in [0.25, 0.3) is 0 Å². The molecular weight excluding hydrogens is 252 g/mol. The van der Waals surface area contributed by atoms with Gasteiger partial charge in [0.2, 0.25) is 0 Å². The molecule has 3 heteroatoms. The Bertz CT molecular complexity index is 426. The fourth-order valence-electron chi connectivity index (χ4n) is 3.92. The molecule has 1 aromatic heterocycles. The van der Waals surface area contributed by atoms with Gasteiger partial charge in [0.15, 0.2) is 0 Å². The van der Waals surface area contributed by atoms with Crippen LogP contribution in [-0.4, -0.2) is 11.5 Å². The second-order valence-corrected chi connectivity index (χ2v) is 7.35. The van der Waals surface area contributed by atoms with Gasteiger partial charge in [-0.05, 0) is 44.1 Å². The van der Waals surface area contributed by atoms with Crippen molar-refractivity contribution in [2.75, 3.05) is 6.54 Å². The molecule has 2 fully saturated rings. The Morgan fingerprint density at radius 3 is 2.79 bits per heavy atom. The summed E-state index contributed by atoms with van der Waals surface area (Å²) in [6.45, 7) is 6.50. The third kappa shape index (κ3) is 2.73. The lowest BCUT2D eigenvalue weighted by Gasteiger charge is -2.18. The zero-order valence-electron chi connectivity index (χ0n) is 12.2. The number of aryl methyl sites for hydroxylation is 1. The van der Waals surface area contributed by atoms with Gasteiger partial charge in [0.1, 0.15) is 0 Å². The molecule has 1 heterocycles. The van der Waals surface area contributed by atoms with Crippen molar-refractivity contribution in [3.05, 3.63) is 15.6 Å². The minimum absolute atomic E-state index is 0.801. The minimum Gasteiger partial charge on any atom is -0.312 e. The molecule has 0 aromatic carbocycles. The molecule has 2 bridgehead atoms. The molecule has 0 amide bonds. The van der Waals surface area contributed by atoms with E-state index in [-0.39, 0.29) is 0 Å². The summed E-state index contributed by atoms with van der Waals surface area (Å²) < 4.78 is 0. The Balaban J connectivity index is 1.77. The maximum Gasteiger partial charge on any atom is 0.0965 e. The largest absolute Gasteiger partial charge is 0.312 e. The van der Waals surface area contributed by atoms with Crippen molar-refractivity contribution in [1.29, 1.82) is 0 Å². The number of aromatic nitrogens is 1. The van der Waals surface area contributed by atoms with Crippen molar-refractivity contribution < 1.29 is 0 Å². The van der Waals surface area contributed by atoms with Crippen molar-refractivity contribution in [2.24, 2.45) is 11.8 Å². The second-order valence-electron chi connectivity index (χ2n) is 6.23. The van der Waals surface area contributed by atoms with Crippen LogP contribution in [0.5, 0.6) is 0 Å². The summed E-state index contributed by atoms with van der Waals surface area (Å²) in [5.74, 6) is 2.78. The summed E-state index contributed by atoms with van der Waals surface area (Å²) in [6.07, 6.45) is 8.20. The van der Waals surface area contributed by atoms with Gasteiger partial charge in [-0.1, -0.05) is 26.7 Å². The molecule has 1 N–H and O–H groups in total. The van der Waals surface area contributed by atoms with E-state index in [1.54, 1.807) is 0 Å². The van der Waals surface area contributed by atoms with Gasteiger partial charge < -0.3 is 5.32 Å². The van der Waals surface area contributed by atoms with E-state index in [0.29, 0.717) is 0 Å². The van der Waals surface area contributed by atoms with Crippen LogP contribution in [0.2, 0.25) is 0 Å². The standard InChI is InChI=1S/C16H26N2S/c1-3-5-14-15(10-17-4-2)19-16(18-14)13-9-11-6-7-12(13)8-11/h11-13,17H,3-10H2,1-2H3. The summed E-state index contributed by atoms with van der Waals surface area (Å²) in [5.41, 5.74) is 1.38. The first kappa shape index (κ1) is 13.6. The zero-order chi connectivity index (χ0) is 13.2. The molecular formula is C16H26N2S. The Kier molecular flexibility index (Phi) is 4.23. The first-order chi connectivity index (χ1) is 9.31. The molecule has 0 radical (unpaired) electrons. The van der Waals surface area contributed by atoms with Crippen LogP contribution in [-0.2, 0) is 13.0 Å². The summed E-state index contributed by atoms with van der Waals surface area (Å²) in [7, 11) is 0. The van der Waals surface area contributed by atoms with Gasteiger partial charge in [0.25, 0.3) is 0 Å². The minimum atomic E-state index is 0.801. The third-order valence-corrected chi connectivity index (χ3v) is 6.10. The average Bonchev–Trinajstić information content (AvgIpc) is 3.11. The van der Waals surface area contributed by atoms with Crippen molar-refractivity contribution in [3.8, 4) is 0 Å². The highest BCUT2D eigenvalue weighted by molar-refractivity contribution is 7.11. The molecule has 106 valence electrons. The summed E-state index contributed by atoms with van der Waals surface area (Å²) >= 11 is 2.00. The lowest BCUT2D eigenvalue weighted by atomic mass is 9.89. The fraction of sp³-hybridized carbons (Fsp3) is 0.812. The van der Waals surface area contributed by atoms with E-state index in [9.17, 15) is 0 Å². The van der Waals surface area contributed by atoms with Gasteiger partial charge in [-0.25, -0.2) is 4.98 Å². The van der Waals surface area contributed by atoms with Gasteiger partial charge >= 0.3 is 0 Å². The smallest absolute Gasteiger partial charge is 0.0965 e. The molecule has 2 aliphatic rings. The normalized spacial score (nSPS) is 29.3. The molecule has 2 saturated carbocycles. The first-order valence-electron chi connectivity index (χ1n) is 8.01. The summed E-state index contributed by atoms with van der Waals surface area (Å²) in [5, 5.41) is 4.93. The van der Waals surface area contributed by atoms with E-state index in [2.05, 4.69) is 19.2 Å². The monoisotopic (exact) mass is 278 g/mol. The Labute approximate surface area is 121 Å². The Morgan fingerprint density at radius 1 is 1.26 bits per heavy atom. The van der Waals surface area contributed by atoms with Crippen molar-refractivity contribution in [2.45, 2.75) is 64.8 Å². The quantitative estimate of drug-likeness (QED) is 0.847. The number of nitrogens with zero attached hydrogens (tertiary/aromatic N) is 1. The first-order valence-corrected chi connectivity index (χ1v) is 8.82. The fourth-order valence-corrected chi connectivity index (χ4v) is 5.21. The SMILES string of the molecule is CCCc1nc(C2CC3CCC2C3)sc1CNCC. The number of hydrogen-bond donors (Lipinski definition) is 1. The number of rotatable bonds is 6. The lowest BCUT2D eigenvalue weighted by Crippen LogP contribution is -2.11. The molecule has 2 nitrogen and oxygen atoms in total. The Morgan fingerprint density at radius 2 is 2.16 bits per heavy atom. The van der Waals surface area contributed by atoms with Crippen LogP contribution >= 0.6 is 11.3 Å². The van der Waals surface area contributed by atoms with Gasteiger partial charge in [-0.2, -0.15) is 0 Å². The average molecular weight is 278 g/mol. The van der Waals surface area contributed by atoms with E-state index in [4.69, 9.17) is 4.98 Å². The van der Waals surface area contributed by atoms with E-state index >= 15 is 0 Å². The summed E-state index contributed by atoms with van der Waals surface area (Å²) in [6, 6.07) is 0. The van der Waals surface area contributed by atoms with Crippen LogP contribution < -0.4 is 5.32 Å². The number of hydrogen-bond acceptors (Lipinski definition) is 3. The second kappa shape index (κ2) is 5.92. The van der Waals surface area contributed by atoms with Crippen LogP contribution in [0, 0.1) is 11.8 Å². The lowest BCUT2D eigenvalue weighted by molar-refractivity contribution is 0.418. The molecule has 3 unspecified atom stereocenters. The van der Waals surface area contributed by atoms with Gasteiger partial charge in [0, 0.05) is 17.3 Å². The maximum atomic E-state index is 5.03. The molecule has 0 saturated heterocycles. The van der Waals surface area contributed by atoms with Gasteiger partial charge in [-0.15, -0.1) is 11.3 Å². The molecule has 1 aromatic rings. The van der Waals surface area contributed by atoms with Crippen molar-refractivity contribution in [3.63, 3.8) is 0 Å². The number of fused-ring (bicyclic) bond motifs is 2. The van der Waals surface area contributed by atoms with Crippen LogP contribution in [0.3, 0.4) is 0 Å². The molecule has 0 aliphatic heterocycles. The molecule has 0 spiro atoms. The van der Waals surface area contributed by atoms with E-state index < -0.39 is 0 Å². The highest BCUT2D eigenvalue weighted by Gasteiger charge is 2.41. The van der Waals surface area contributed by atoms with E-state index in [1.165, 1.54) is 47.7 Å². The van der Waals surface area contributed by atoms with Gasteiger partial charge in [-0.3, -0.25) is 0 Å². The highest BCUT2D eigenvalue weighted by Crippen LogP contribution is 2.53. The van der Waals surface area contributed by atoms with Crippen molar-refractivity contribution >= 4 is 11.3 Å². The predicted octanol–water partition coefficient (Wildman–Crippen LogP) is 4.11. The van der Waals surface area contributed by atoms with E-state index in [0.717, 1.165) is 37.3 Å². The molecule has 3 rings (SSSR count). The van der Waals surface area contributed by atoms with Crippen LogP contribution in [0.4, 0.5) is 0 Å². The van der Waals surface area contributed by atoms with Crippen molar-refractivity contribution in [1.82, 2.24) is 10.3 Å². The molecule has 3 atom stereocenters. The molecule has 2 aliphatic carbocycles.